The molecule has 0 bridgehead atoms. The van der Waals surface area contributed by atoms with Crippen LogP contribution in [0.5, 0.6) is 0 Å². The van der Waals surface area contributed by atoms with Gasteiger partial charge >= 0.3 is 6.09 Å². The third-order valence-electron chi connectivity index (χ3n) is 4.65. The summed E-state index contributed by atoms with van der Waals surface area (Å²) in [5.41, 5.74) is 0. The van der Waals surface area contributed by atoms with Crippen molar-refractivity contribution < 1.29 is 24.0 Å². The summed E-state index contributed by atoms with van der Waals surface area (Å²) in [5, 5.41) is 2.65. The highest BCUT2D eigenvalue weighted by molar-refractivity contribution is 5.67. The van der Waals surface area contributed by atoms with Crippen LogP contribution in [0.4, 0.5) is 4.79 Å². The zero-order chi connectivity index (χ0) is 16.9. The fourth-order valence-electron chi connectivity index (χ4n) is 3.42. The van der Waals surface area contributed by atoms with Gasteiger partial charge in [-0.15, -0.1) is 6.58 Å². The summed E-state index contributed by atoms with van der Waals surface area (Å²) in [7, 11) is 0. The van der Waals surface area contributed by atoms with Gasteiger partial charge in [-0.25, -0.2) is 4.79 Å². The van der Waals surface area contributed by atoms with Crippen molar-refractivity contribution in [3.63, 3.8) is 0 Å². The van der Waals surface area contributed by atoms with E-state index in [9.17, 15) is 4.79 Å². The van der Waals surface area contributed by atoms with E-state index in [1.807, 2.05) is 19.9 Å². The molecule has 1 aliphatic heterocycles. The van der Waals surface area contributed by atoms with Crippen molar-refractivity contribution in [1.29, 1.82) is 0 Å². The monoisotopic (exact) mass is 327 g/mol. The maximum absolute atomic E-state index is 11.6. The predicted molar refractivity (Wildman–Crippen MR) is 85.4 cm³/mol. The van der Waals surface area contributed by atoms with Crippen molar-refractivity contribution in [2.45, 2.75) is 77.0 Å². The number of hydrogen-bond donors (Lipinski definition) is 1. The number of amides is 1. The number of hydrogen-bond acceptors (Lipinski definition) is 5. The van der Waals surface area contributed by atoms with E-state index in [1.54, 1.807) is 0 Å². The zero-order valence-corrected chi connectivity index (χ0v) is 14.4. The first-order valence-corrected chi connectivity index (χ1v) is 8.59. The van der Waals surface area contributed by atoms with Gasteiger partial charge in [0.05, 0.1) is 0 Å². The van der Waals surface area contributed by atoms with Crippen molar-refractivity contribution in [2.75, 3.05) is 6.54 Å². The van der Waals surface area contributed by atoms with Crippen molar-refractivity contribution in [3.05, 3.63) is 12.7 Å². The lowest BCUT2D eigenvalue weighted by Gasteiger charge is -2.36. The average molecular weight is 327 g/mol. The van der Waals surface area contributed by atoms with Gasteiger partial charge in [0, 0.05) is 25.3 Å². The minimum absolute atomic E-state index is 0.170. The Morgan fingerprint density at radius 1 is 1.48 bits per heavy atom. The van der Waals surface area contributed by atoms with E-state index in [1.165, 1.54) is 0 Å². The Bertz CT molecular complexity index is 429. The Morgan fingerprint density at radius 3 is 2.91 bits per heavy atom. The minimum Gasteiger partial charge on any atom is -0.446 e. The van der Waals surface area contributed by atoms with Gasteiger partial charge in [0.2, 0.25) is 11.6 Å². The maximum atomic E-state index is 11.6. The molecule has 132 valence electrons. The number of carbonyl (C=O) groups excluding carboxylic acids is 1. The molecular formula is C17H29NO5. The third-order valence-corrected chi connectivity index (χ3v) is 4.65. The largest absolute Gasteiger partial charge is 0.446 e. The second kappa shape index (κ2) is 7.64. The lowest BCUT2D eigenvalue weighted by molar-refractivity contribution is -0.361. The Labute approximate surface area is 138 Å². The molecule has 0 radical (unpaired) electrons. The molecule has 1 amide bonds. The lowest BCUT2D eigenvalue weighted by atomic mass is 9.89. The molecule has 1 heterocycles. The first-order valence-electron chi connectivity index (χ1n) is 8.59. The summed E-state index contributed by atoms with van der Waals surface area (Å²) in [4.78, 5) is 22.9. The number of ether oxygens (including phenoxy) is 2. The molecule has 1 spiro atoms. The van der Waals surface area contributed by atoms with Gasteiger partial charge < -0.3 is 14.8 Å². The zero-order valence-electron chi connectivity index (χ0n) is 14.4. The van der Waals surface area contributed by atoms with Crippen molar-refractivity contribution in [3.8, 4) is 0 Å². The summed E-state index contributed by atoms with van der Waals surface area (Å²) in [5.74, 6) is -1.45. The summed E-state index contributed by atoms with van der Waals surface area (Å²) in [6, 6.07) is 0. The molecule has 2 aliphatic rings. The van der Waals surface area contributed by atoms with Gasteiger partial charge in [-0.3, -0.25) is 0 Å². The smallest absolute Gasteiger partial charge is 0.407 e. The van der Waals surface area contributed by atoms with E-state index in [0.29, 0.717) is 13.0 Å². The number of alkyl carbamates (subject to hydrolysis) is 1. The highest BCUT2D eigenvalue weighted by Crippen LogP contribution is 2.47. The molecule has 1 saturated heterocycles. The van der Waals surface area contributed by atoms with Gasteiger partial charge in [-0.1, -0.05) is 13.0 Å². The Morgan fingerprint density at radius 2 is 2.26 bits per heavy atom. The topological polar surface area (TPSA) is 66.0 Å². The third kappa shape index (κ3) is 4.25. The minimum atomic E-state index is -0.821. The van der Waals surface area contributed by atoms with Gasteiger partial charge in [0.25, 0.3) is 0 Å². The fourth-order valence-corrected chi connectivity index (χ4v) is 3.42. The van der Waals surface area contributed by atoms with Crippen LogP contribution < -0.4 is 5.32 Å². The van der Waals surface area contributed by atoms with Crippen LogP contribution in [0, 0.1) is 5.92 Å². The molecular weight excluding hydrogens is 298 g/mol. The van der Waals surface area contributed by atoms with E-state index >= 15 is 0 Å². The molecule has 0 aromatic rings. The van der Waals surface area contributed by atoms with Crippen LogP contribution >= 0.6 is 0 Å². The predicted octanol–water partition coefficient (Wildman–Crippen LogP) is 3.67. The molecule has 1 aliphatic carbocycles. The molecule has 6 heteroatoms. The molecule has 4 atom stereocenters. The summed E-state index contributed by atoms with van der Waals surface area (Å²) in [6.07, 6.45) is 5.86. The maximum Gasteiger partial charge on any atom is 0.407 e. The second-order valence-corrected chi connectivity index (χ2v) is 6.48. The summed E-state index contributed by atoms with van der Waals surface area (Å²) >= 11 is 0. The average Bonchev–Trinajstić information content (AvgIpc) is 2.82. The second-order valence-electron chi connectivity index (χ2n) is 6.48. The normalized spacial score (nSPS) is 35.0. The molecule has 2 rings (SSSR count). The summed E-state index contributed by atoms with van der Waals surface area (Å²) in [6.45, 7) is 10.2. The SMILES string of the molecule is C=CCC(CC)C1(C)OOC2(CCCC(OC(=O)NCC)C2)O1. The van der Waals surface area contributed by atoms with Crippen LogP contribution in [0.2, 0.25) is 0 Å². The molecule has 6 nitrogen and oxygen atoms in total. The van der Waals surface area contributed by atoms with E-state index in [4.69, 9.17) is 19.2 Å². The first-order chi connectivity index (χ1) is 11.0. The van der Waals surface area contributed by atoms with E-state index in [0.717, 1.165) is 32.1 Å². The molecule has 1 N–H and O–H groups in total. The van der Waals surface area contributed by atoms with Crippen LogP contribution in [-0.2, 0) is 19.2 Å². The molecule has 23 heavy (non-hydrogen) atoms. The van der Waals surface area contributed by atoms with Crippen LogP contribution in [0.15, 0.2) is 12.7 Å². The quantitative estimate of drug-likeness (QED) is 0.595. The molecule has 0 aromatic carbocycles. The molecule has 4 unspecified atom stereocenters. The highest BCUT2D eigenvalue weighted by Gasteiger charge is 2.55. The Hall–Kier alpha value is -1.11. The molecule has 0 aromatic heterocycles. The van der Waals surface area contributed by atoms with Gasteiger partial charge in [0.1, 0.15) is 6.10 Å². The van der Waals surface area contributed by atoms with Gasteiger partial charge in [-0.2, -0.15) is 9.78 Å². The molecule has 2 fully saturated rings. The van der Waals surface area contributed by atoms with Crippen molar-refractivity contribution >= 4 is 6.09 Å². The van der Waals surface area contributed by atoms with Crippen LogP contribution in [0.3, 0.4) is 0 Å². The van der Waals surface area contributed by atoms with E-state index < -0.39 is 17.7 Å². The number of carbonyl (C=O) groups is 1. The Balaban J connectivity index is 1.99. The van der Waals surface area contributed by atoms with Crippen LogP contribution in [-0.4, -0.2) is 30.3 Å². The number of nitrogens with one attached hydrogen (secondary N) is 1. The van der Waals surface area contributed by atoms with Gasteiger partial charge in [0.15, 0.2) is 0 Å². The van der Waals surface area contributed by atoms with E-state index in [2.05, 4.69) is 18.8 Å². The fraction of sp³-hybridized carbons (Fsp3) is 0.824. The van der Waals surface area contributed by atoms with Crippen molar-refractivity contribution in [1.82, 2.24) is 5.32 Å². The van der Waals surface area contributed by atoms with Crippen LogP contribution in [0.1, 0.15) is 59.3 Å². The highest BCUT2D eigenvalue weighted by atomic mass is 17.3. The van der Waals surface area contributed by atoms with Gasteiger partial charge in [-0.05, 0) is 39.5 Å². The Kier molecular flexibility index (Phi) is 6.06. The van der Waals surface area contributed by atoms with Crippen LogP contribution in [0.25, 0.3) is 0 Å². The summed E-state index contributed by atoms with van der Waals surface area (Å²) < 4.78 is 11.7. The number of allylic oxidation sites excluding steroid dienone is 1. The van der Waals surface area contributed by atoms with Crippen molar-refractivity contribution in [2.24, 2.45) is 5.92 Å². The number of rotatable bonds is 6. The standard InChI is InChI=1S/C17H29NO5/c1-5-9-13(6-2)16(4)21-17(23-22-16)11-8-10-14(12-17)20-15(19)18-7-3/h5,13-14H,1,6-12H2,2-4H3,(H,18,19). The van der Waals surface area contributed by atoms with E-state index in [-0.39, 0.29) is 12.0 Å². The molecule has 1 saturated carbocycles. The lowest BCUT2D eigenvalue weighted by Crippen LogP contribution is -2.44. The first kappa shape index (κ1) is 18.2.